The lowest BCUT2D eigenvalue weighted by molar-refractivity contribution is 0.279. The maximum atomic E-state index is 6.10. The molecule has 1 aliphatic heterocycles. The first kappa shape index (κ1) is 13.9. The molecule has 0 aromatic heterocycles. The number of nitrogens with zero attached hydrogens (tertiary/aromatic N) is 1. The first-order valence-corrected chi connectivity index (χ1v) is 7.48. The molecule has 1 heterocycles. The third-order valence-corrected chi connectivity index (χ3v) is 4.43. The van der Waals surface area contributed by atoms with Crippen molar-refractivity contribution < 1.29 is 0 Å². The van der Waals surface area contributed by atoms with Crippen molar-refractivity contribution >= 4 is 21.6 Å². The minimum Gasteiger partial charge on any atom is -0.371 e. The molecule has 0 saturated carbocycles. The van der Waals surface area contributed by atoms with Crippen LogP contribution in [0.1, 0.15) is 45.2 Å². The molecule has 0 amide bonds. The summed E-state index contributed by atoms with van der Waals surface area (Å²) in [4.78, 5) is 2.48. The lowest BCUT2D eigenvalue weighted by Gasteiger charge is -2.39. The van der Waals surface area contributed by atoms with Crippen LogP contribution in [-0.4, -0.2) is 13.1 Å². The highest BCUT2D eigenvalue weighted by Crippen LogP contribution is 2.35. The van der Waals surface area contributed by atoms with Crippen LogP contribution in [-0.2, 0) is 0 Å². The van der Waals surface area contributed by atoms with Gasteiger partial charge in [0.2, 0.25) is 0 Å². The number of anilines is 1. The van der Waals surface area contributed by atoms with Gasteiger partial charge in [-0.2, -0.15) is 0 Å². The molecule has 1 atom stereocenters. The fourth-order valence-corrected chi connectivity index (χ4v) is 2.91. The molecule has 1 saturated heterocycles. The molecule has 2 nitrogen and oxygen atoms in total. The molecule has 0 spiro atoms. The van der Waals surface area contributed by atoms with Gasteiger partial charge in [0.1, 0.15) is 0 Å². The highest BCUT2D eigenvalue weighted by molar-refractivity contribution is 9.10. The molecule has 1 aromatic rings. The van der Waals surface area contributed by atoms with Gasteiger partial charge < -0.3 is 10.6 Å². The Morgan fingerprint density at radius 3 is 2.44 bits per heavy atom. The fourth-order valence-electron chi connectivity index (χ4n) is 2.53. The predicted octanol–water partition coefficient (Wildman–Crippen LogP) is 4.10. The van der Waals surface area contributed by atoms with Gasteiger partial charge in [0, 0.05) is 29.3 Å². The van der Waals surface area contributed by atoms with Crippen LogP contribution in [0.2, 0.25) is 0 Å². The number of hydrogen-bond acceptors (Lipinski definition) is 2. The topological polar surface area (TPSA) is 29.3 Å². The van der Waals surface area contributed by atoms with E-state index in [1.165, 1.54) is 24.1 Å². The Morgan fingerprint density at radius 1 is 1.28 bits per heavy atom. The third kappa shape index (κ3) is 3.07. The lowest BCUT2D eigenvalue weighted by atomic mass is 9.82. The highest BCUT2D eigenvalue weighted by atomic mass is 79.9. The standard InChI is InChI=1S/C15H23BrN2/c1-11(17)13-10-12(16)4-5-14(13)18-8-6-15(2,3)7-9-18/h4-5,10-11H,6-9,17H2,1-3H3. The first-order chi connectivity index (χ1) is 8.39. The van der Waals surface area contributed by atoms with Crippen molar-refractivity contribution in [2.75, 3.05) is 18.0 Å². The zero-order valence-electron chi connectivity index (χ0n) is 11.5. The average molecular weight is 311 g/mol. The van der Waals surface area contributed by atoms with Crippen LogP contribution in [0.3, 0.4) is 0 Å². The molecule has 2 N–H and O–H groups in total. The maximum Gasteiger partial charge on any atom is 0.0415 e. The van der Waals surface area contributed by atoms with Crippen LogP contribution in [0.5, 0.6) is 0 Å². The van der Waals surface area contributed by atoms with Crippen molar-refractivity contribution in [2.24, 2.45) is 11.1 Å². The van der Waals surface area contributed by atoms with E-state index < -0.39 is 0 Å². The van der Waals surface area contributed by atoms with Crippen molar-refractivity contribution in [2.45, 2.75) is 39.7 Å². The molecule has 2 rings (SSSR count). The Morgan fingerprint density at radius 2 is 1.89 bits per heavy atom. The number of benzene rings is 1. The second-order valence-electron chi connectivity index (χ2n) is 6.14. The van der Waals surface area contributed by atoms with E-state index >= 15 is 0 Å². The summed E-state index contributed by atoms with van der Waals surface area (Å²) in [7, 11) is 0. The quantitative estimate of drug-likeness (QED) is 0.891. The van der Waals surface area contributed by atoms with Gasteiger partial charge in [-0.25, -0.2) is 0 Å². The molecular formula is C15H23BrN2. The molecule has 1 aromatic carbocycles. The molecule has 0 aliphatic carbocycles. The van der Waals surface area contributed by atoms with Gasteiger partial charge in [-0.1, -0.05) is 29.8 Å². The molecule has 3 heteroatoms. The van der Waals surface area contributed by atoms with Crippen LogP contribution in [0.4, 0.5) is 5.69 Å². The van der Waals surface area contributed by atoms with Crippen molar-refractivity contribution in [3.63, 3.8) is 0 Å². The molecule has 100 valence electrons. The number of rotatable bonds is 2. The van der Waals surface area contributed by atoms with Crippen molar-refractivity contribution in [3.05, 3.63) is 28.2 Å². The SMILES string of the molecule is CC(N)c1cc(Br)ccc1N1CCC(C)(C)CC1. The largest absolute Gasteiger partial charge is 0.371 e. The van der Waals surface area contributed by atoms with E-state index in [1.54, 1.807) is 0 Å². The van der Waals surface area contributed by atoms with Crippen LogP contribution in [0.15, 0.2) is 22.7 Å². The monoisotopic (exact) mass is 310 g/mol. The second kappa shape index (κ2) is 5.22. The van der Waals surface area contributed by atoms with E-state index in [-0.39, 0.29) is 6.04 Å². The first-order valence-electron chi connectivity index (χ1n) is 6.69. The smallest absolute Gasteiger partial charge is 0.0415 e. The zero-order valence-corrected chi connectivity index (χ0v) is 13.1. The Hall–Kier alpha value is -0.540. The van der Waals surface area contributed by atoms with Crippen LogP contribution >= 0.6 is 15.9 Å². The molecule has 0 radical (unpaired) electrons. The van der Waals surface area contributed by atoms with Gasteiger partial charge in [0.05, 0.1) is 0 Å². The zero-order chi connectivity index (χ0) is 13.3. The normalized spacial score (nSPS) is 20.8. The highest BCUT2D eigenvalue weighted by Gasteiger charge is 2.26. The van der Waals surface area contributed by atoms with E-state index in [1.807, 2.05) is 0 Å². The third-order valence-electron chi connectivity index (χ3n) is 3.94. The van der Waals surface area contributed by atoms with Gasteiger partial charge >= 0.3 is 0 Å². The van der Waals surface area contributed by atoms with Crippen molar-refractivity contribution in [3.8, 4) is 0 Å². The molecule has 1 fully saturated rings. The summed E-state index contributed by atoms with van der Waals surface area (Å²) in [6, 6.07) is 6.54. The van der Waals surface area contributed by atoms with Crippen molar-refractivity contribution in [1.82, 2.24) is 0 Å². The van der Waals surface area contributed by atoms with E-state index in [0.29, 0.717) is 5.41 Å². The van der Waals surface area contributed by atoms with E-state index in [4.69, 9.17) is 5.73 Å². The van der Waals surface area contributed by atoms with Crippen LogP contribution in [0.25, 0.3) is 0 Å². The summed E-state index contributed by atoms with van der Waals surface area (Å²) in [5, 5.41) is 0. The summed E-state index contributed by atoms with van der Waals surface area (Å²) in [5.74, 6) is 0. The average Bonchev–Trinajstić information content (AvgIpc) is 2.29. The Balaban J connectivity index is 2.24. The molecular weight excluding hydrogens is 288 g/mol. The van der Waals surface area contributed by atoms with E-state index in [9.17, 15) is 0 Å². The van der Waals surface area contributed by atoms with Gasteiger partial charge in [-0.05, 0) is 48.9 Å². The fraction of sp³-hybridized carbons (Fsp3) is 0.600. The van der Waals surface area contributed by atoms with E-state index in [2.05, 4.69) is 59.8 Å². The number of piperidine rings is 1. The second-order valence-corrected chi connectivity index (χ2v) is 7.06. The summed E-state index contributed by atoms with van der Waals surface area (Å²) in [6.45, 7) is 9.04. The summed E-state index contributed by atoms with van der Waals surface area (Å²) in [5.41, 5.74) is 9.13. The van der Waals surface area contributed by atoms with Gasteiger partial charge in [0.15, 0.2) is 0 Å². The Labute approximate surface area is 119 Å². The van der Waals surface area contributed by atoms with Crippen LogP contribution < -0.4 is 10.6 Å². The van der Waals surface area contributed by atoms with E-state index in [0.717, 1.165) is 17.6 Å². The van der Waals surface area contributed by atoms with Crippen molar-refractivity contribution in [1.29, 1.82) is 0 Å². The van der Waals surface area contributed by atoms with Gasteiger partial charge in [0.25, 0.3) is 0 Å². The number of nitrogens with two attached hydrogens (primary N) is 1. The van der Waals surface area contributed by atoms with Gasteiger partial charge in [-0.15, -0.1) is 0 Å². The van der Waals surface area contributed by atoms with Gasteiger partial charge in [-0.3, -0.25) is 0 Å². The lowest BCUT2D eigenvalue weighted by Crippen LogP contribution is -2.38. The Bertz CT molecular complexity index is 417. The number of hydrogen-bond donors (Lipinski definition) is 1. The Kier molecular flexibility index (Phi) is 4.02. The summed E-state index contributed by atoms with van der Waals surface area (Å²) >= 11 is 3.53. The minimum absolute atomic E-state index is 0.0763. The maximum absolute atomic E-state index is 6.10. The molecule has 0 bridgehead atoms. The predicted molar refractivity (Wildman–Crippen MR) is 82.0 cm³/mol. The number of halogens is 1. The summed E-state index contributed by atoms with van der Waals surface area (Å²) in [6.07, 6.45) is 2.50. The van der Waals surface area contributed by atoms with Crippen LogP contribution in [0, 0.1) is 5.41 Å². The molecule has 18 heavy (non-hydrogen) atoms. The summed E-state index contributed by atoms with van der Waals surface area (Å²) < 4.78 is 1.11. The molecule has 1 aliphatic rings. The molecule has 1 unspecified atom stereocenters. The minimum atomic E-state index is 0.0763.